The number of amides is 2. The van der Waals surface area contributed by atoms with Crippen molar-refractivity contribution in [2.45, 2.75) is 0 Å². The highest BCUT2D eigenvalue weighted by Gasteiger charge is 2.16. The summed E-state index contributed by atoms with van der Waals surface area (Å²) in [5.41, 5.74) is 2.29. The molecule has 0 aliphatic rings. The zero-order valence-corrected chi connectivity index (χ0v) is 14.6. The van der Waals surface area contributed by atoms with Crippen LogP contribution in [0, 0.1) is 11.3 Å². The fourth-order valence-electron chi connectivity index (χ4n) is 2.47. The van der Waals surface area contributed by atoms with Crippen LogP contribution in [0.4, 0.5) is 11.4 Å². The van der Waals surface area contributed by atoms with Gasteiger partial charge in [0.05, 0.1) is 11.6 Å². The number of anilines is 2. The van der Waals surface area contributed by atoms with Gasteiger partial charge in [0.25, 0.3) is 11.8 Å². The Bertz CT molecular complexity index is 1010. The minimum absolute atomic E-state index is 0.131. The highest BCUT2D eigenvalue weighted by molar-refractivity contribution is 6.08. The number of nitrogens with zero attached hydrogens (tertiary/aromatic N) is 3. The van der Waals surface area contributed by atoms with Gasteiger partial charge in [-0.2, -0.15) is 5.26 Å². The van der Waals surface area contributed by atoms with Crippen molar-refractivity contribution in [2.75, 3.05) is 17.3 Å². The summed E-state index contributed by atoms with van der Waals surface area (Å²) in [6.07, 6.45) is 1.43. The summed E-state index contributed by atoms with van der Waals surface area (Å²) in [6, 6.07) is 20.8. The number of nitriles is 1. The highest BCUT2D eigenvalue weighted by atomic mass is 16.2. The van der Waals surface area contributed by atoms with E-state index in [0.717, 1.165) is 5.69 Å². The van der Waals surface area contributed by atoms with E-state index in [0.29, 0.717) is 16.8 Å². The Morgan fingerprint density at radius 3 is 2.41 bits per heavy atom. The van der Waals surface area contributed by atoms with Gasteiger partial charge in [-0.15, -0.1) is 0 Å². The molecule has 0 spiro atoms. The average molecular weight is 356 g/mol. The lowest BCUT2D eigenvalue weighted by molar-refractivity contribution is 0.0993. The van der Waals surface area contributed by atoms with E-state index in [4.69, 9.17) is 5.26 Å². The summed E-state index contributed by atoms with van der Waals surface area (Å²) in [7, 11) is 1.68. The Labute approximate surface area is 156 Å². The van der Waals surface area contributed by atoms with Gasteiger partial charge >= 0.3 is 0 Å². The summed E-state index contributed by atoms with van der Waals surface area (Å²) in [6.45, 7) is 0. The molecule has 0 aliphatic heterocycles. The molecule has 2 aromatic carbocycles. The van der Waals surface area contributed by atoms with Crippen molar-refractivity contribution in [1.82, 2.24) is 4.98 Å². The van der Waals surface area contributed by atoms with Crippen molar-refractivity contribution in [3.8, 4) is 6.07 Å². The maximum atomic E-state index is 12.7. The Hall–Kier alpha value is -3.98. The van der Waals surface area contributed by atoms with Gasteiger partial charge in [0.15, 0.2) is 0 Å². The molecular weight excluding hydrogens is 340 g/mol. The minimum Gasteiger partial charge on any atom is -0.321 e. The quantitative estimate of drug-likeness (QED) is 0.775. The molecule has 3 aromatic rings. The van der Waals surface area contributed by atoms with Gasteiger partial charge in [0.2, 0.25) is 0 Å². The van der Waals surface area contributed by atoms with Crippen LogP contribution in [0.1, 0.15) is 26.4 Å². The lowest BCUT2D eigenvalue weighted by Crippen LogP contribution is -2.26. The highest BCUT2D eigenvalue weighted by Crippen LogP contribution is 2.16. The molecule has 0 saturated carbocycles. The second kappa shape index (κ2) is 7.93. The van der Waals surface area contributed by atoms with Gasteiger partial charge < -0.3 is 10.2 Å². The van der Waals surface area contributed by atoms with E-state index in [1.807, 2.05) is 36.4 Å². The Morgan fingerprint density at radius 2 is 1.74 bits per heavy atom. The molecule has 0 aliphatic carbocycles. The summed E-state index contributed by atoms with van der Waals surface area (Å²) >= 11 is 0. The van der Waals surface area contributed by atoms with E-state index in [-0.39, 0.29) is 11.6 Å². The summed E-state index contributed by atoms with van der Waals surface area (Å²) in [5, 5.41) is 11.5. The molecule has 1 N–H and O–H groups in total. The topological polar surface area (TPSA) is 86.1 Å². The maximum absolute atomic E-state index is 12.7. The van der Waals surface area contributed by atoms with Crippen molar-refractivity contribution in [3.05, 3.63) is 89.7 Å². The third-order valence-corrected chi connectivity index (χ3v) is 3.96. The van der Waals surface area contributed by atoms with Crippen molar-refractivity contribution in [2.24, 2.45) is 0 Å². The third-order valence-electron chi connectivity index (χ3n) is 3.96. The number of aromatic nitrogens is 1. The van der Waals surface area contributed by atoms with Crippen LogP contribution in [0.3, 0.4) is 0 Å². The van der Waals surface area contributed by atoms with Crippen molar-refractivity contribution in [3.63, 3.8) is 0 Å². The first-order valence-electron chi connectivity index (χ1n) is 8.19. The van der Waals surface area contributed by atoms with Crippen LogP contribution in [-0.4, -0.2) is 23.8 Å². The minimum atomic E-state index is -0.434. The van der Waals surface area contributed by atoms with Crippen molar-refractivity contribution < 1.29 is 9.59 Å². The average Bonchev–Trinajstić information content (AvgIpc) is 2.74. The molecule has 3 rings (SSSR count). The molecule has 0 bridgehead atoms. The summed E-state index contributed by atoms with van der Waals surface area (Å²) in [5.74, 6) is -0.673. The largest absolute Gasteiger partial charge is 0.321 e. The SMILES string of the molecule is CN(C(=O)c1ccnc(C(=O)Nc2ccc(C#N)cc2)c1)c1ccccc1. The lowest BCUT2D eigenvalue weighted by Gasteiger charge is -2.17. The van der Waals surface area contributed by atoms with E-state index < -0.39 is 5.91 Å². The predicted molar refractivity (Wildman–Crippen MR) is 103 cm³/mol. The van der Waals surface area contributed by atoms with Crippen molar-refractivity contribution >= 4 is 23.2 Å². The number of rotatable bonds is 4. The second-order valence-electron chi connectivity index (χ2n) is 5.77. The normalized spacial score (nSPS) is 9.93. The number of hydrogen-bond acceptors (Lipinski definition) is 4. The van der Waals surface area contributed by atoms with Crippen LogP contribution < -0.4 is 10.2 Å². The van der Waals surface area contributed by atoms with Crippen molar-refractivity contribution in [1.29, 1.82) is 5.26 Å². The predicted octanol–water partition coefficient (Wildman–Crippen LogP) is 3.48. The fraction of sp³-hybridized carbons (Fsp3) is 0.0476. The first kappa shape index (κ1) is 17.8. The fourth-order valence-corrected chi connectivity index (χ4v) is 2.47. The lowest BCUT2D eigenvalue weighted by atomic mass is 10.1. The first-order chi connectivity index (χ1) is 13.1. The second-order valence-corrected chi connectivity index (χ2v) is 5.77. The molecule has 0 unspecified atom stereocenters. The third kappa shape index (κ3) is 4.17. The van der Waals surface area contributed by atoms with E-state index in [2.05, 4.69) is 10.3 Å². The number of pyridine rings is 1. The van der Waals surface area contributed by atoms with Crippen LogP contribution in [0.15, 0.2) is 72.9 Å². The van der Waals surface area contributed by atoms with Crippen LogP contribution in [0.2, 0.25) is 0 Å². The number of hydrogen-bond donors (Lipinski definition) is 1. The molecule has 132 valence electrons. The van der Waals surface area contributed by atoms with Gasteiger partial charge in [0, 0.05) is 30.2 Å². The van der Waals surface area contributed by atoms with Gasteiger partial charge in [-0.1, -0.05) is 18.2 Å². The zero-order chi connectivity index (χ0) is 19.2. The van der Waals surface area contributed by atoms with E-state index in [1.165, 1.54) is 17.2 Å². The number of para-hydroxylation sites is 1. The molecule has 0 fully saturated rings. The molecule has 6 nitrogen and oxygen atoms in total. The summed E-state index contributed by atoms with van der Waals surface area (Å²) < 4.78 is 0. The van der Waals surface area contributed by atoms with E-state index in [9.17, 15) is 9.59 Å². The number of benzene rings is 2. The van der Waals surface area contributed by atoms with Crippen LogP contribution in [0.25, 0.3) is 0 Å². The monoisotopic (exact) mass is 356 g/mol. The van der Waals surface area contributed by atoms with Gasteiger partial charge in [-0.3, -0.25) is 14.6 Å². The van der Waals surface area contributed by atoms with Crippen LogP contribution >= 0.6 is 0 Å². The molecule has 1 heterocycles. The summed E-state index contributed by atoms with van der Waals surface area (Å²) in [4.78, 5) is 30.7. The van der Waals surface area contributed by atoms with Gasteiger partial charge in [0.1, 0.15) is 5.69 Å². The van der Waals surface area contributed by atoms with Crippen LogP contribution in [0.5, 0.6) is 0 Å². The smallest absolute Gasteiger partial charge is 0.274 e. The van der Waals surface area contributed by atoms with E-state index in [1.54, 1.807) is 37.4 Å². The molecular formula is C21H16N4O2. The number of carbonyl (C=O) groups is 2. The molecule has 1 aromatic heterocycles. The first-order valence-corrected chi connectivity index (χ1v) is 8.19. The zero-order valence-electron chi connectivity index (χ0n) is 14.6. The Kier molecular flexibility index (Phi) is 5.24. The van der Waals surface area contributed by atoms with Crippen LogP contribution in [-0.2, 0) is 0 Å². The molecule has 0 atom stereocenters. The van der Waals surface area contributed by atoms with Gasteiger partial charge in [-0.05, 0) is 48.5 Å². The molecule has 6 heteroatoms. The Balaban J connectivity index is 1.77. The molecule has 0 saturated heterocycles. The molecule has 2 amide bonds. The number of carbonyl (C=O) groups excluding carboxylic acids is 2. The van der Waals surface area contributed by atoms with Gasteiger partial charge in [-0.25, -0.2) is 0 Å². The maximum Gasteiger partial charge on any atom is 0.274 e. The number of nitrogens with one attached hydrogen (secondary N) is 1. The molecule has 27 heavy (non-hydrogen) atoms. The standard InChI is InChI=1S/C21H16N4O2/c1-25(18-5-3-2-4-6-18)21(27)16-11-12-23-19(13-16)20(26)24-17-9-7-15(14-22)8-10-17/h2-13H,1H3,(H,24,26). The van der Waals surface area contributed by atoms with E-state index >= 15 is 0 Å². The molecule has 0 radical (unpaired) electrons. The Morgan fingerprint density at radius 1 is 1.04 bits per heavy atom.